The Kier molecular flexibility index (Phi) is 9.22. The number of aryl methyl sites for hydroxylation is 3. The van der Waals surface area contributed by atoms with E-state index in [2.05, 4.69) is 25.7 Å². The zero-order valence-electron chi connectivity index (χ0n) is 30.0. The van der Waals surface area contributed by atoms with Crippen molar-refractivity contribution in [3.05, 3.63) is 63.5 Å². The highest BCUT2D eigenvalue weighted by atomic mass is 35.5. The molecule has 3 aromatic heterocycles. The smallest absolute Gasteiger partial charge is 0.328 e. The van der Waals surface area contributed by atoms with Gasteiger partial charge in [0, 0.05) is 70.3 Å². The molecular weight excluding hydrogens is 707 g/mol. The molecule has 0 spiro atoms. The van der Waals surface area contributed by atoms with E-state index < -0.39 is 17.3 Å². The van der Waals surface area contributed by atoms with Crippen molar-refractivity contribution in [3.63, 3.8) is 0 Å². The molecule has 5 heterocycles. The first-order valence-corrected chi connectivity index (χ1v) is 17.7. The van der Waals surface area contributed by atoms with Gasteiger partial charge in [0.2, 0.25) is 23.7 Å². The van der Waals surface area contributed by atoms with Crippen LogP contribution >= 0.6 is 11.6 Å². The highest BCUT2D eigenvalue weighted by Crippen LogP contribution is 2.34. The van der Waals surface area contributed by atoms with Crippen molar-refractivity contribution in [3.8, 4) is 0 Å². The molecule has 7 rings (SSSR count). The maximum Gasteiger partial charge on any atom is 0.328 e. The van der Waals surface area contributed by atoms with Crippen molar-refractivity contribution < 1.29 is 23.9 Å². The van der Waals surface area contributed by atoms with E-state index in [-0.39, 0.29) is 71.3 Å². The van der Waals surface area contributed by atoms with Crippen molar-refractivity contribution in [1.29, 1.82) is 0 Å². The quantitative estimate of drug-likeness (QED) is 0.188. The van der Waals surface area contributed by atoms with Crippen LogP contribution in [0.15, 0.2) is 41.3 Å². The van der Waals surface area contributed by atoms with E-state index in [0.717, 1.165) is 10.9 Å². The average molecular weight is 747 g/mol. The lowest BCUT2D eigenvalue weighted by molar-refractivity contribution is -0.134. The molecule has 3 amide bonds. The number of carbonyl (C=O) groups is 3. The molecule has 278 valence electrons. The van der Waals surface area contributed by atoms with E-state index in [1.54, 1.807) is 49.5 Å². The molecule has 2 aromatic carbocycles. The SMILES string of the molecule is CN(c1ncc(Cl)c(Nc2cc3c(cc2F)n(C)c(=O)n3CCC(C)(C)O)n1)[C@H]1CCN(c2ccc3c(C4CCC(=O)NC4=O)nn(C)c3c2)C(=O)C1. The number of aliphatic hydroxyl groups is 1. The number of rotatable bonds is 9. The molecule has 17 heteroatoms. The predicted octanol–water partition coefficient (Wildman–Crippen LogP) is 3.87. The van der Waals surface area contributed by atoms with Gasteiger partial charge in [0.15, 0.2) is 5.82 Å². The number of amides is 3. The monoisotopic (exact) mass is 746 g/mol. The predicted molar refractivity (Wildman–Crippen MR) is 198 cm³/mol. The van der Waals surface area contributed by atoms with Crippen LogP contribution in [0.3, 0.4) is 0 Å². The number of imide groups is 1. The topological polar surface area (TPSA) is 173 Å². The van der Waals surface area contributed by atoms with Crippen molar-refractivity contribution >= 4 is 74.4 Å². The lowest BCUT2D eigenvalue weighted by Crippen LogP contribution is -2.47. The highest BCUT2D eigenvalue weighted by Gasteiger charge is 2.34. The zero-order valence-corrected chi connectivity index (χ0v) is 30.7. The summed E-state index contributed by atoms with van der Waals surface area (Å²) in [5, 5.41) is 21.1. The van der Waals surface area contributed by atoms with Gasteiger partial charge in [-0.1, -0.05) is 11.6 Å². The van der Waals surface area contributed by atoms with E-state index >= 15 is 4.39 Å². The van der Waals surface area contributed by atoms with E-state index in [9.17, 15) is 24.3 Å². The van der Waals surface area contributed by atoms with Crippen molar-refractivity contribution in [2.24, 2.45) is 14.1 Å². The molecule has 15 nitrogen and oxygen atoms in total. The van der Waals surface area contributed by atoms with E-state index in [0.29, 0.717) is 48.2 Å². The van der Waals surface area contributed by atoms with Gasteiger partial charge in [-0.3, -0.25) is 33.5 Å². The highest BCUT2D eigenvalue weighted by molar-refractivity contribution is 6.33. The first-order chi connectivity index (χ1) is 25.1. The molecule has 5 aromatic rings. The standard InChI is InChI=1S/C36H40ClFN10O5/c1-36(2,53)11-13-48-28-17-25(24(38)16-27(28)45(4)35(48)52)40-32-23(37)18-39-34(42-32)44(3)19-10-12-47(30(50)15-19)20-6-7-21-26(14-20)46(5)43-31(21)22-8-9-29(49)41-33(22)51/h6-7,14,16-19,22,53H,8-13,15H2,1-5H3,(H,39,40,42)(H,41,49,51)/t19-,22?/m0/s1. The molecule has 1 unspecified atom stereocenters. The Balaban J connectivity index is 1.07. The summed E-state index contributed by atoms with van der Waals surface area (Å²) in [6.07, 6.45) is 3.14. The molecule has 2 saturated heterocycles. The zero-order chi connectivity index (χ0) is 37.9. The lowest BCUT2D eigenvalue weighted by Gasteiger charge is -2.36. The Labute approximate surface area is 308 Å². The Morgan fingerprint density at radius 3 is 2.58 bits per heavy atom. The van der Waals surface area contributed by atoms with Gasteiger partial charge in [0.1, 0.15) is 10.8 Å². The summed E-state index contributed by atoms with van der Waals surface area (Å²) in [7, 11) is 5.14. The van der Waals surface area contributed by atoms with Crippen molar-refractivity contribution in [2.75, 3.05) is 28.7 Å². The number of carbonyl (C=O) groups excluding carboxylic acids is 3. The van der Waals surface area contributed by atoms with Crippen LogP contribution in [0.5, 0.6) is 0 Å². The Morgan fingerprint density at radius 1 is 1.09 bits per heavy atom. The number of nitrogens with one attached hydrogen (secondary N) is 2. The van der Waals surface area contributed by atoms with Crippen molar-refractivity contribution in [1.82, 2.24) is 34.2 Å². The average Bonchev–Trinajstić information content (AvgIpc) is 3.55. The molecule has 2 fully saturated rings. The van der Waals surface area contributed by atoms with Crippen LogP contribution in [0.25, 0.3) is 21.9 Å². The minimum absolute atomic E-state index is 0.0485. The van der Waals surface area contributed by atoms with Gasteiger partial charge in [-0.2, -0.15) is 10.1 Å². The maximum absolute atomic E-state index is 15.4. The van der Waals surface area contributed by atoms with Gasteiger partial charge >= 0.3 is 5.69 Å². The normalized spacial score (nSPS) is 18.3. The third kappa shape index (κ3) is 6.83. The fraction of sp³-hybridized carbons (Fsp3) is 0.417. The first kappa shape index (κ1) is 36.0. The number of hydrogen-bond donors (Lipinski definition) is 3. The van der Waals surface area contributed by atoms with Gasteiger partial charge in [0.25, 0.3) is 0 Å². The molecule has 0 aliphatic carbocycles. The van der Waals surface area contributed by atoms with Crippen LogP contribution < -0.4 is 26.1 Å². The fourth-order valence-electron chi connectivity index (χ4n) is 7.10. The summed E-state index contributed by atoms with van der Waals surface area (Å²) in [6, 6.07) is 8.15. The van der Waals surface area contributed by atoms with Crippen LogP contribution in [-0.4, -0.2) is 76.9 Å². The van der Waals surface area contributed by atoms with Gasteiger partial charge < -0.3 is 20.2 Å². The number of imidazole rings is 1. The van der Waals surface area contributed by atoms with Crippen LogP contribution in [0.4, 0.5) is 27.5 Å². The number of piperidine rings is 2. The Morgan fingerprint density at radius 2 is 1.87 bits per heavy atom. The van der Waals surface area contributed by atoms with E-state index in [1.165, 1.54) is 27.5 Å². The van der Waals surface area contributed by atoms with Gasteiger partial charge in [-0.05, 0) is 57.4 Å². The first-order valence-electron chi connectivity index (χ1n) is 17.3. The molecule has 2 aliphatic rings. The van der Waals surface area contributed by atoms with Crippen LogP contribution in [0, 0.1) is 5.82 Å². The summed E-state index contributed by atoms with van der Waals surface area (Å²) in [6.45, 7) is 3.97. The molecule has 2 atom stereocenters. The second kappa shape index (κ2) is 13.6. The number of hydrogen-bond acceptors (Lipinski definition) is 10. The third-order valence-electron chi connectivity index (χ3n) is 10.2. The van der Waals surface area contributed by atoms with Crippen LogP contribution in [0.1, 0.15) is 57.6 Å². The minimum atomic E-state index is -1.000. The number of fused-ring (bicyclic) bond motifs is 2. The molecule has 3 N–H and O–H groups in total. The fourth-order valence-corrected chi connectivity index (χ4v) is 7.24. The van der Waals surface area contributed by atoms with Gasteiger partial charge in [-0.15, -0.1) is 0 Å². The largest absolute Gasteiger partial charge is 0.390 e. The maximum atomic E-state index is 15.4. The lowest BCUT2D eigenvalue weighted by atomic mass is 9.92. The molecule has 2 aliphatic heterocycles. The van der Waals surface area contributed by atoms with E-state index in [1.807, 2.05) is 18.2 Å². The minimum Gasteiger partial charge on any atom is -0.390 e. The second-order valence-corrected chi connectivity index (χ2v) is 14.8. The molecular formula is C36H40ClFN10O5. The van der Waals surface area contributed by atoms with Crippen molar-refractivity contribution in [2.45, 2.75) is 70.1 Å². The van der Waals surface area contributed by atoms with Gasteiger partial charge in [-0.25, -0.2) is 14.2 Å². The number of halogens is 2. The summed E-state index contributed by atoms with van der Waals surface area (Å²) < 4.78 is 20.0. The van der Waals surface area contributed by atoms with Crippen LogP contribution in [0.2, 0.25) is 5.02 Å². The molecule has 0 saturated carbocycles. The molecule has 0 radical (unpaired) electrons. The Hall–Kier alpha value is -5.35. The molecule has 0 bridgehead atoms. The summed E-state index contributed by atoms with van der Waals surface area (Å²) in [5.74, 6) is -1.45. The molecule has 53 heavy (non-hydrogen) atoms. The Bertz CT molecular complexity index is 2360. The summed E-state index contributed by atoms with van der Waals surface area (Å²) >= 11 is 6.47. The summed E-state index contributed by atoms with van der Waals surface area (Å²) in [5.41, 5.74) is 1.68. The number of anilines is 4. The van der Waals surface area contributed by atoms with Crippen LogP contribution in [-0.2, 0) is 35.0 Å². The number of aromatic nitrogens is 6. The number of benzene rings is 2. The number of nitrogens with zero attached hydrogens (tertiary/aromatic N) is 8. The second-order valence-electron chi connectivity index (χ2n) is 14.4. The summed E-state index contributed by atoms with van der Waals surface area (Å²) in [4.78, 5) is 63.3. The van der Waals surface area contributed by atoms with Gasteiger partial charge in [0.05, 0.1) is 45.6 Å². The van der Waals surface area contributed by atoms with E-state index in [4.69, 9.17) is 11.6 Å². The third-order valence-corrected chi connectivity index (χ3v) is 10.4.